The van der Waals surface area contributed by atoms with E-state index in [0.29, 0.717) is 12.2 Å². The Balaban J connectivity index is 0.000000325. The van der Waals surface area contributed by atoms with Crippen molar-refractivity contribution in [1.82, 2.24) is 9.97 Å². The Kier molecular flexibility index (Phi) is 5.72. The van der Waals surface area contributed by atoms with Crippen LogP contribution >= 0.6 is 0 Å². The van der Waals surface area contributed by atoms with Crippen LogP contribution in [-0.4, -0.2) is 33.1 Å². The molecule has 0 aliphatic rings. The predicted octanol–water partition coefficient (Wildman–Crippen LogP) is 1.39. The molecule has 0 spiro atoms. The Labute approximate surface area is 93.9 Å². The van der Waals surface area contributed by atoms with Gasteiger partial charge in [0.1, 0.15) is 5.82 Å². The molecule has 96 valence electrons. The van der Waals surface area contributed by atoms with Gasteiger partial charge in [0.2, 0.25) is 5.91 Å². The molecule has 0 aromatic carbocycles. The first-order chi connectivity index (χ1) is 7.77. The van der Waals surface area contributed by atoms with Crippen molar-refractivity contribution >= 4 is 17.7 Å². The number of anilines is 1. The number of carboxylic acid groups (broad SMARTS) is 1. The number of carbonyl (C=O) groups excluding carboxylic acids is 1. The number of rotatable bonds is 2. The number of hydrogen-bond acceptors (Lipinski definition) is 3. The van der Waals surface area contributed by atoms with Gasteiger partial charge in [0.05, 0.1) is 12.5 Å². The molecule has 0 saturated carbocycles. The highest BCUT2D eigenvalue weighted by molar-refractivity contribution is 5.89. The Hall–Kier alpha value is -2.06. The highest BCUT2D eigenvalue weighted by Crippen LogP contribution is 2.13. The second-order valence-electron chi connectivity index (χ2n) is 2.67. The van der Waals surface area contributed by atoms with Crippen LogP contribution in [0.4, 0.5) is 19.0 Å². The average Bonchev–Trinajstić information content (AvgIpc) is 2.69. The van der Waals surface area contributed by atoms with Gasteiger partial charge < -0.3 is 15.4 Å². The van der Waals surface area contributed by atoms with Gasteiger partial charge in [-0.15, -0.1) is 0 Å². The van der Waals surface area contributed by atoms with Crippen LogP contribution < -0.4 is 5.32 Å². The summed E-state index contributed by atoms with van der Waals surface area (Å²) < 4.78 is 31.7. The monoisotopic (exact) mass is 253 g/mol. The lowest BCUT2D eigenvalue weighted by Gasteiger charge is -1.96. The summed E-state index contributed by atoms with van der Waals surface area (Å²) in [6, 6.07) is 0. The summed E-state index contributed by atoms with van der Waals surface area (Å²) in [4.78, 5) is 26.1. The number of hydrogen-bond donors (Lipinski definition) is 3. The third-order valence-corrected chi connectivity index (χ3v) is 1.34. The molecule has 0 atom stereocenters. The van der Waals surface area contributed by atoms with E-state index >= 15 is 0 Å². The van der Waals surface area contributed by atoms with Gasteiger partial charge in [-0.1, -0.05) is 6.92 Å². The van der Waals surface area contributed by atoms with E-state index in [1.54, 1.807) is 13.1 Å². The number of carboxylic acids is 1. The van der Waals surface area contributed by atoms with Crippen LogP contribution in [0.25, 0.3) is 0 Å². The molecule has 1 heterocycles. The lowest BCUT2D eigenvalue weighted by molar-refractivity contribution is -0.192. The summed E-state index contributed by atoms with van der Waals surface area (Å²) in [5, 5.41) is 9.74. The maximum atomic E-state index is 10.7. The van der Waals surface area contributed by atoms with Gasteiger partial charge in [-0.3, -0.25) is 4.79 Å². The number of H-pyrrole nitrogens is 1. The third-order valence-electron chi connectivity index (χ3n) is 1.34. The number of nitrogens with one attached hydrogen (secondary N) is 2. The van der Waals surface area contributed by atoms with E-state index in [0.717, 1.165) is 0 Å². The van der Waals surface area contributed by atoms with Crippen LogP contribution in [0, 0.1) is 0 Å². The number of alkyl halides is 3. The topological polar surface area (TPSA) is 95.1 Å². The van der Waals surface area contributed by atoms with E-state index in [9.17, 15) is 18.0 Å². The number of carbonyl (C=O) groups is 2. The third kappa shape index (κ3) is 6.93. The number of aromatic nitrogens is 2. The molecule has 1 aromatic heterocycles. The standard InChI is InChI=1S/C6H9N3O.C2HF3O2/c1-2-6(10)9-5-3-7-4-8-5;3-2(4,5)1(6)7/h3-4H,2H2,1H3,(H,7,8)(H,9,10);(H,6,7). The predicted molar refractivity (Wildman–Crippen MR) is 51.2 cm³/mol. The Morgan fingerprint density at radius 1 is 1.53 bits per heavy atom. The first kappa shape index (κ1) is 14.9. The van der Waals surface area contributed by atoms with E-state index in [4.69, 9.17) is 9.90 Å². The molecule has 1 amide bonds. The van der Waals surface area contributed by atoms with Crippen molar-refractivity contribution < 1.29 is 27.9 Å². The number of nitrogens with zero attached hydrogens (tertiary/aromatic N) is 1. The molecule has 3 N–H and O–H groups in total. The zero-order valence-corrected chi connectivity index (χ0v) is 8.71. The minimum atomic E-state index is -5.08. The normalized spacial score (nSPS) is 10.1. The van der Waals surface area contributed by atoms with Gasteiger partial charge in [0.25, 0.3) is 0 Å². The molecule has 0 bridgehead atoms. The number of halogens is 3. The summed E-state index contributed by atoms with van der Waals surface area (Å²) in [6.07, 6.45) is -1.52. The molecule has 0 aliphatic carbocycles. The highest BCUT2D eigenvalue weighted by atomic mass is 19.4. The molecule has 9 heteroatoms. The van der Waals surface area contributed by atoms with Crippen molar-refractivity contribution in [3.63, 3.8) is 0 Å². The van der Waals surface area contributed by atoms with Gasteiger partial charge in [0.15, 0.2) is 0 Å². The van der Waals surface area contributed by atoms with Crippen LogP contribution in [0.2, 0.25) is 0 Å². The fourth-order valence-corrected chi connectivity index (χ4v) is 0.563. The molecular weight excluding hydrogens is 243 g/mol. The maximum Gasteiger partial charge on any atom is 0.490 e. The van der Waals surface area contributed by atoms with Crippen molar-refractivity contribution in [2.24, 2.45) is 0 Å². The quantitative estimate of drug-likeness (QED) is 0.742. The smallest absolute Gasteiger partial charge is 0.475 e. The molecule has 1 rings (SSSR count). The van der Waals surface area contributed by atoms with Crippen molar-refractivity contribution in [3.05, 3.63) is 12.5 Å². The maximum absolute atomic E-state index is 10.7. The SMILES string of the molecule is CCC(=O)Nc1cnc[nH]1.O=C(O)C(F)(F)F. The first-order valence-electron chi connectivity index (χ1n) is 4.35. The molecule has 1 aromatic rings. The van der Waals surface area contributed by atoms with Crippen molar-refractivity contribution in [1.29, 1.82) is 0 Å². The molecule has 0 radical (unpaired) electrons. The molecule has 0 unspecified atom stereocenters. The fraction of sp³-hybridized carbons (Fsp3) is 0.375. The minimum absolute atomic E-state index is 0.00995. The van der Waals surface area contributed by atoms with Crippen LogP contribution in [0.5, 0.6) is 0 Å². The van der Waals surface area contributed by atoms with E-state index in [1.807, 2.05) is 0 Å². The van der Waals surface area contributed by atoms with Gasteiger partial charge in [0, 0.05) is 6.42 Å². The average molecular weight is 253 g/mol. The summed E-state index contributed by atoms with van der Waals surface area (Å²) in [5.41, 5.74) is 0. The van der Waals surface area contributed by atoms with Crippen LogP contribution in [0.15, 0.2) is 12.5 Å². The molecule has 6 nitrogen and oxygen atoms in total. The largest absolute Gasteiger partial charge is 0.490 e. The number of aliphatic carboxylic acids is 1. The van der Waals surface area contributed by atoms with Crippen molar-refractivity contribution in [3.8, 4) is 0 Å². The van der Waals surface area contributed by atoms with Gasteiger partial charge in [-0.05, 0) is 0 Å². The van der Waals surface area contributed by atoms with E-state index < -0.39 is 12.1 Å². The Bertz CT molecular complexity index is 362. The number of amides is 1. The van der Waals surface area contributed by atoms with Gasteiger partial charge in [-0.25, -0.2) is 9.78 Å². The Morgan fingerprint density at radius 3 is 2.35 bits per heavy atom. The summed E-state index contributed by atoms with van der Waals surface area (Å²) in [7, 11) is 0. The van der Waals surface area contributed by atoms with Gasteiger partial charge in [-0.2, -0.15) is 13.2 Å². The molecular formula is C8H10F3N3O3. The lowest BCUT2D eigenvalue weighted by Crippen LogP contribution is -2.21. The van der Waals surface area contributed by atoms with E-state index in [2.05, 4.69) is 15.3 Å². The van der Waals surface area contributed by atoms with E-state index in [-0.39, 0.29) is 5.91 Å². The number of imidazole rings is 1. The highest BCUT2D eigenvalue weighted by Gasteiger charge is 2.38. The first-order valence-corrected chi connectivity index (χ1v) is 4.35. The van der Waals surface area contributed by atoms with Gasteiger partial charge >= 0.3 is 12.1 Å². The molecule has 0 fully saturated rings. The zero-order chi connectivity index (χ0) is 13.5. The van der Waals surface area contributed by atoms with Crippen molar-refractivity contribution in [2.75, 3.05) is 5.32 Å². The molecule has 17 heavy (non-hydrogen) atoms. The second kappa shape index (κ2) is 6.51. The summed E-state index contributed by atoms with van der Waals surface area (Å²) in [6.45, 7) is 1.80. The molecule has 0 saturated heterocycles. The number of aromatic amines is 1. The minimum Gasteiger partial charge on any atom is -0.475 e. The van der Waals surface area contributed by atoms with Crippen LogP contribution in [-0.2, 0) is 9.59 Å². The van der Waals surface area contributed by atoms with Crippen LogP contribution in [0.3, 0.4) is 0 Å². The molecule has 0 aliphatic heterocycles. The zero-order valence-electron chi connectivity index (χ0n) is 8.71. The van der Waals surface area contributed by atoms with Crippen LogP contribution in [0.1, 0.15) is 13.3 Å². The second-order valence-corrected chi connectivity index (χ2v) is 2.67. The van der Waals surface area contributed by atoms with E-state index in [1.165, 1.54) is 6.33 Å². The summed E-state index contributed by atoms with van der Waals surface area (Å²) in [5.74, 6) is -2.12. The van der Waals surface area contributed by atoms with Crippen molar-refractivity contribution in [2.45, 2.75) is 19.5 Å². The Morgan fingerprint density at radius 2 is 2.06 bits per heavy atom. The summed E-state index contributed by atoms with van der Waals surface area (Å²) >= 11 is 0. The fourth-order valence-electron chi connectivity index (χ4n) is 0.563. The lowest BCUT2D eigenvalue weighted by atomic mass is 10.4.